The Balaban J connectivity index is 1.39. The number of rotatable bonds is 9. The second-order valence-electron chi connectivity index (χ2n) is 10.7. The third-order valence-electron chi connectivity index (χ3n) is 7.80. The minimum Gasteiger partial charge on any atom is -0.394 e. The van der Waals surface area contributed by atoms with Gasteiger partial charge in [0.2, 0.25) is 17.8 Å². The number of hydrogen-bond donors (Lipinski definition) is 6. The maximum absolute atomic E-state index is 14.5. The number of aliphatic hydroxyl groups excluding tert-OH is 3. The Kier molecular flexibility index (Phi) is 8.72. The normalized spacial score (nSPS) is 24.0. The predicted octanol–water partition coefficient (Wildman–Crippen LogP) is 2.76. The minimum atomic E-state index is -1.00. The van der Waals surface area contributed by atoms with Gasteiger partial charge in [-0.15, -0.1) is 0 Å². The molecule has 1 amide bonds. The Morgan fingerprint density at radius 3 is 2.52 bits per heavy atom. The monoisotopic (exact) mass is 559 g/mol. The smallest absolute Gasteiger partial charge is 0.224 e. The van der Waals surface area contributed by atoms with E-state index in [1.807, 2.05) is 4.57 Å². The summed E-state index contributed by atoms with van der Waals surface area (Å²) in [4.78, 5) is 26.4. The summed E-state index contributed by atoms with van der Waals surface area (Å²) in [5.74, 6) is -1.07. The van der Waals surface area contributed by atoms with Gasteiger partial charge in [-0.3, -0.25) is 9.36 Å². The van der Waals surface area contributed by atoms with Crippen molar-refractivity contribution in [2.24, 2.45) is 5.92 Å². The molecule has 13 heteroatoms. The highest BCUT2D eigenvalue weighted by Crippen LogP contribution is 2.37. The number of anilines is 3. The first kappa shape index (κ1) is 28.1. The van der Waals surface area contributed by atoms with E-state index in [0.29, 0.717) is 61.6 Å². The lowest BCUT2D eigenvalue weighted by Gasteiger charge is -2.30. The lowest BCUT2D eigenvalue weighted by Crippen LogP contribution is -2.39. The molecule has 0 aliphatic heterocycles. The van der Waals surface area contributed by atoms with Gasteiger partial charge in [0.15, 0.2) is 5.65 Å². The number of nitrogens with zero attached hydrogens (tertiary/aromatic N) is 4. The Morgan fingerprint density at radius 2 is 1.82 bits per heavy atom. The fourth-order valence-electron chi connectivity index (χ4n) is 5.53. The van der Waals surface area contributed by atoms with E-state index in [1.54, 1.807) is 6.20 Å². The Morgan fingerprint density at radius 1 is 1.07 bits per heavy atom. The summed E-state index contributed by atoms with van der Waals surface area (Å²) in [6, 6.07) is 3.32. The van der Waals surface area contributed by atoms with Crippen LogP contribution in [0.2, 0.25) is 0 Å². The highest BCUT2D eigenvalue weighted by molar-refractivity contribution is 5.79. The van der Waals surface area contributed by atoms with Crippen LogP contribution in [0.4, 0.5) is 26.4 Å². The number of nitrogens with one attached hydrogen (secondary N) is 3. The summed E-state index contributed by atoms with van der Waals surface area (Å²) in [6.45, 7) is -0.433. The standard InChI is InChI=1S/C27H35F2N7O4/c28-16-3-10-22(21(29)11-16)33-27-34-23-13-31-26(32-17-4-8-19(38)9-5-17)35-24(23)36(27)18-6-1-15(2-7-18)25(40)30-12-20(39)14-37/h3,10-11,13,15,17-20,37-39H,1-2,4-9,12,14H2,(H,30,40)(H,33,34)(H,31,32,35). The van der Waals surface area contributed by atoms with Crippen molar-refractivity contribution in [1.82, 2.24) is 24.8 Å². The number of carbonyl (C=O) groups excluding carboxylic acids is 1. The van der Waals surface area contributed by atoms with Crippen LogP contribution in [0.15, 0.2) is 24.4 Å². The van der Waals surface area contributed by atoms with E-state index in [9.17, 15) is 23.8 Å². The van der Waals surface area contributed by atoms with Gasteiger partial charge < -0.3 is 31.3 Å². The number of amides is 1. The van der Waals surface area contributed by atoms with E-state index in [2.05, 4.69) is 25.9 Å². The van der Waals surface area contributed by atoms with E-state index in [-0.39, 0.29) is 42.2 Å². The van der Waals surface area contributed by atoms with Crippen molar-refractivity contribution in [3.63, 3.8) is 0 Å². The first-order valence-electron chi connectivity index (χ1n) is 13.8. The average molecular weight is 560 g/mol. The van der Waals surface area contributed by atoms with Crippen molar-refractivity contribution < 1.29 is 28.9 Å². The maximum Gasteiger partial charge on any atom is 0.224 e. The van der Waals surface area contributed by atoms with Crippen LogP contribution < -0.4 is 16.0 Å². The molecular weight excluding hydrogens is 524 g/mol. The molecule has 1 unspecified atom stereocenters. The van der Waals surface area contributed by atoms with Gasteiger partial charge in [0.05, 0.1) is 30.7 Å². The van der Waals surface area contributed by atoms with E-state index < -0.39 is 24.3 Å². The molecule has 0 saturated heterocycles. The van der Waals surface area contributed by atoms with Gasteiger partial charge >= 0.3 is 0 Å². The van der Waals surface area contributed by atoms with Crippen LogP contribution in [-0.4, -0.2) is 72.1 Å². The maximum atomic E-state index is 14.5. The third-order valence-corrected chi connectivity index (χ3v) is 7.80. The molecule has 0 radical (unpaired) electrons. The second-order valence-corrected chi connectivity index (χ2v) is 10.7. The lowest BCUT2D eigenvalue weighted by atomic mass is 9.85. The molecule has 40 heavy (non-hydrogen) atoms. The summed E-state index contributed by atoms with van der Waals surface area (Å²) in [6.07, 6.45) is 5.78. The summed E-state index contributed by atoms with van der Waals surface area (Å²) >= 11 is 0. The molecule has 1 aromatic carbocycles. The van der Waals surface area contributed by atoms with Crippen molar-refractivity contribution >= 4 is 34.7 Å². The van der Waals surface area contributed by atoms with Crippen LogP contribution in [0.25, 0.3) is 11.2 Å². The van der Waals surface area contributed by atoms with Gasteiger partial charge in [-0.25, -0.2) is 18.7 Å². The van der Waals surface area contributed by atoms with Gasteiger partial charge in [-0.1, -0.05) is 0 Å². The quantitative estimate of drug-likeness (QED) is 0.232. The molecule has 216 valence electrons. The molecule has 2 aromatic heterocycles. The van der Waals surface area contributed by atoms with Gasteiger partial charge in [0, 0.05) is 30.6 Å². The van der Waals surface area contributed by atoms with Crippen molar-refractivity contribution in [3.8, 4) is 0 Å². The summed E-state index contributed by atoms with van der Waals surface area (Å²) in [7, 11) is 0. The lowest BCUT2D eigenvalue weighted by molar-refractivity contribution is -0.126. The molecule has 6 N–H and O–H groups in total. The first-order chi connectivity index (χ1) is 19.3. The molecule has 2 heterocycles. The number of imidazole rings is 1. The molecule has 2 aliphatic rings. The zero-order valence-corrected chi connectivity index (χ0v) is 22.1. The third kappa shape index (κ3) is 6.48. The summed E-state index contributed by atoms with van der Waals surface area (Å²) in [5.41, 5.74) is 1.13. The molecule has 2 aliphatic carbocycles. The Hall–Kier alpha value is -3.42. The molecule has 3 aromatic rings. The predicted molar refractivity (Wildman–Crippen MR) is 144 cm³/mol. The topological polar surface area (TPSA) is 157 Å². The Labute approximate surface area is 230 Å². The molecule has 1 atom stereocenters. The van der Waals surface area contributed by atoms with E-state index in [1.165, 1.54) is 12.1 Å². The Bertz CT molecular complexity index is 1320. The largest absolute Gasteiger partial charge is 0.394 e. The van der Waals surface area contributed by atoms with Gasteiger partial charge in [-0.2, -0.15) is 4.98 Å². The molecule has 5 rings (SSSR count). The fraction of sp³-hybridized carbons (Fsp3) is 0.556. The van der Waals surface area contributed by atoms with Crippen molar-refractivity contribution in [2.45, 2.75) is 75.7 Å². The highest BCUT2D eigenvalue weighted by Gasteiger charge is 2.30. The molecule has 2 fully saturated rings. The number of hydrogen-bond acceptors (Lipinski definition) is 9. The zero-order valence-electron chi connectivity index (χ0n) is 22.1. The molecule has 2 saturated carbocycles. The van der Waals surface area contributed by atoms with E-state index in [4.69, 9.17) is 10.1 Å². The minimum absolute atomic E-state index is 0.00856. The van der Waals surface area contributed by atoms with E-state index >= 15 is 0 Å². The number of benzene rings is 1. The number of fused-ring (bicyclic) bond motifs is 1. The van der Waals surface area contributed by atoms with Crippen LogP contribution in [0, 0.1) is 17.6 Å². The fourth-order valence-corrected chi connectivity index (χ4v) is 5.53. The average Bonchev–Trinajstić information content (AvgIpc) is 3.31. The molecular formula is C27H35F2N7O4. The van der Waals surface area contributed by atoms with Gasteiger partial charge in [-0.05, 0) is 63.5 Å². The van der Waals surface area contributed by atoms with Crippen molar-refractivity contribution in [1.29, 1.82) is 0 Å². The van der Waals surface area contributed by atoms with Crippen LogP contribution in [0.1, 0.15) is 57.4 Å². The van der Waals surface area contributed by atoms with E-state index in [0.717, 1.165) is 18.9 Å². The van der Waals surface area contributed by atoms with Crippen LogP contribution in [-0.2, 0) is 4.79 Å². The number of halogens is 2. The van der Waals surface area contributed by atoms with Crippen LogP contribution >= 0.6 is 0 Å². The van der Waals surface area contributed by atoms with Gasteiger partial charge in [0.1, 0.15) is 17.2 Å². The summed E-state index contributed by atoms with van der Waals surface area (Å²) in [5, 5.41) is 37.4. The number of aliphatic hydroxyl groups is 3. The molecule has 0 spiro atoms. The van der Waals surface area contributed by atoms with Gasteiger partial charge in [0.25, 0.3) is 0 Å². The van der Waals surface area contributed by atoms with Crippen LogP contribution in [0.3, 0.4) is 0 Å². The zero-order chi connectivity index (χ0) is 28.2. The highest BCUT2D eigenvalue weighted by atomic mass is 19.1. The van der Waals surface area contributed by atoms with Crippen molar-refractivity contribution in [2.75, 3.05) is 23.8 Å². The SMILES string of the molecule is O=C(NCC(O)CO)C1CCC(n2c(Nc3ccc(F)cc3F)nc3cnc(NC4CCC(O)CC4)nc32)CC1. The number of carbonyl (C=O) groups is 1. The first-order valence-corrected chi connectivity index (χ1v) is 13.8. The van der Waals surface area contributed by atoms with Crippen LogP contribution in [0.5, 0.6) is 0 Å². The van der Waals surface area contributed by atoms with Crippen molar-refractivity contribution in [3.05, 3.63) is 36.0 Å². The molecule has 0 bridgehead atoms. The molecule has 11 nitrogen and oxygen atoms in total. The second kappa shape index (κ2) is 12.4. The number of aromatic nitrogens is 4. The summed E-state index contributed by atoms with van der Waals surface area (Å²) < 4.78 is 30.0.